The van der Waals surface area contributed by atoms with Crippen LogP contribution in [0.4, 0.5) is 9.59 Å². The standard InChI is InChI=1S/C57H65N7O6/c1-34(2)49(62-55(67)69-3)54(66)64-29-11-16-48(64)53-59-45-26-23-40(30-46(45)60-53)42-25-24-41(43-31-57(32-44(42)43)27-8-9-28-57)35-17-19-36(20-18-35)47-33-58-52(61-47)39-15-10-14-38(21-22-39)51(65)50(63-56(68)70-4)37-12-6-5-7-13-37/h5-7,10,12-13,15,17-20,23-26,30,33-34,38-39,48-51,65H,8-9,11,14,16,21-22,27-29,31-32H2,1-4H3,(H,58,61)(H,59,60)(H,62,67)(H,63,68)/t38?,39-,48+,49?,50-,51?/m1/s1. The first-order chi connectivity index (χ1) is 34.0. The van der Waals surface area contributed by atoms with Crippen LogP contribution in [0.1, 0.15) is 118 Å². The molecule has 2 fully saturated rings. The van der Waals surface area contributed by atoms with E-state index in [2.05, 4.69) is 87.4 Å². The van der Waals surface area contributed by atoms with E-state index in [1.807, 2.05) is 55.3 Å². The summed E-state index contributed by atoms with van der Waals surface area (Å²) in [5.41, 5.74) is 12.8. The smallest absolute Gasteiger partial charge is 0.407 e. The van der Waals surface area contributed by atoms with Crippen molar-refractivity contribution in [2.75, 3.05) is 20.8 Å². The summed E-state index contributed by atoms with van der Waals surface area (Å²) < 4.78 is 9.74. The first kappa shape index (κ1) is 47.0. The predicted octanol–water partition coefficient (Wildman–Crippen LogP) is 10.9. The van der Waals surface area contributed by atoms with Gasteiger partial charge in [-0.15, -0.1) is 0 Å². The summed E-state index contributed by atoms with van der Waals surface area (Å²) in [6.45, 7) is 4.46. The van der Waals surface area contributed by atoms with Crippen molar-refractivity contribution in [2.24, 2.45) is 17.3 Å². The van der Waals surface area contributed by atoms with Gasteiger partial charge >= 0.3 is 12.2 Å². The minimum absolute atomic E-state index is 0.0606. The second kappa shape index (κ2) is 19.9. The number of ether oxygens (including phenoxy) is 2. The topological polar surface area (TPSA) is 175 Å². The first-order valence-corrected chi connectivity index (χ1v) is 25.2. The number of imidazole rings is 2. The van der Waals surface area contributed by atoms with E-state index >= 15 is 0 Å². The molecule has 1 aliphatic heterocycles. The maximum Gasteiger partial charge on any atom is 0.407 e. The highest BCUT2D eigenvalue weighted by Crippen LogP contribution is 2.53. The maximum absolute atomic E-state index is 13.9. The minimum atomic E-state index is -0.796. The van der Waals surface area contributed by atoms with Gasteiger partial charge in [-0.3, -0.25) is 4.79 Å². The summed E-state index contributed by atoms with van der Waals surface area (Å²) >= 11 is 0. The molecular formula is C57H65N7O6. The first-order valence-electron chi connectivity index (χ1n) is 25.2. The molecule has 1 saturated carbocycles. The van der Waals surface area contributed by atoms with Crippen LogP contribution >= 0.6 is 0 Å². The van der Waals surface area contributed by atoms with Crippen LogP contribution in [0, 0.1) is 17.3 Å². The van der Waals surface area contributed by atoms with Gasteiger partial charge in [0.1, 0.15) is 17.7 Å². The largest absolute Gasteiger partial charge is 0.453 e. The van der Waals surface area contributed by atoms with Gasteiger partial charge in [0.15, 0.2) is 0 Å². The number of aliphatic hydroxyl groups excluding tert-OH is 1. The number of hydrogen-bond donors (Lipinski definition) is 5. The average molecular weight is 944 g/mol. The van der Waals surface area contributed by atoms with Crippen molar-refractivity contribution in [3.8, 4) is 33.5 Å². The van der Waals surface area contributed by atoms with Gasteiger partial charge in [0.05, 0.1) is 55.3 Å². The minimum Gasteiger partial charge on any atom is -0.453 e. The molecule has 13 nitrogen and oxygen atoms in total. The molecule has 0 bridgehead atoms. The number of aromatic nitrogens is 4. The van der Waals surface area contributed by atoms with Gasteiger partial charge < -0.3 is 40.1 Å². The summed E-state index contributed by atoms with van der Waals surface area (Å²) in [5.74, 6) is 1.46. The molecule has 6 aromatic rings. The zero-order chi connectivity index (χ0) is 48.5. The lowest BCUT2D eigenvalue weighted by atomic mass is 9.82. The highest BCUT2D eigenvalue weighted by Gasteiger charge is 2.42. The molecule has 6 atom stereocenters. The third kappa shape index (κ3) is 9.35. The van der Waals surface area contributed by atoms with Crippen molar-refractivity contribution in [1.29, 1.82) is 0 Å². The molecule has 2 aromatic heterocycles. The maximum atomic E-state index is 13.9. The lowest BCUT2D eigenvalue weighted by Crippen LogP contribution is -2.51. The SMILES string of the molecule is COC(=O)NC(C(=O)N1CCC[C@H]1c1nc2ccc(-c3ccc(-c4ccc(-c5cnc([C@@H]6C=CCC(C(O)[C@H](NC(=O)OC)c7ccccc7)CC6)[nH]5)cc4)c4c3CC3(CCCC3)C4)cc2[nH]1)C(C)C. The number of amides is 3. The van der Waals surface area contributed by atoms with Gasteiger partial charge in [0.2, 0.25) is 5.91 Å². The van der Waals surface area contributed by atoms with Crippen LogP contribution in [0.25, 0.3) is 44.5 Å². The lowest BCUT2D eigenvalue weighted by Gasteiger charge is -2.30. The zero-order valence-corrected chi connectivity index (χ0v) is 40.7. The van der Waals surface area contributed by atoms with Crippen molar-refractivity contribution < 1.29 is 29.0 Å². The Labute approximate surface area is 409 Å². The van der Waals surface area contributed by atoms with Crippen LogP contribution in [0.3, 0.4) is 0 Å². The molecule has 4 aliphatic rings. The Morgan fingerprint density at radius 1 is 0.786 bits per heavy atom. The third-order valence-electron chi connectivity index (χ3n) is 15.8. The van der Waals surface area contributed by atoms with E-state index in [0.29, 0.717) is 18.4 Å². The zero-order valence-electron chi connectivity index (χ0n) is 40.7. The molecule has 70 heavy (non-hydrogen) atoms. The van der Waals surface area contributed by atoms with E-state index in [9.17, 15) is 19.5 Å². The van der Waals surface area contributed by atoms with E-state index in [1.54, 1.807) is 0 Å². The van der Waals surface area contributed by atoms with Gasteiger partial charge in [-0.2, -0.15) is 0 Å². The van der Waals surface area contributed by atoms with Crippen molar-refractivity contribution >= 4 is 29.1 Å². The van der Waals surface area contributed by atoms with Gasteiger partial charge in [0, 0.05) is 12.5 Å². The summed E-state index contributed by atoms with van der Waals surface area (Å²) in [4.78, 5) is 57.3. The second-order valence-corrected chi connectivity index (χ2v) is 20.5. The number of carbonyl (C=O) groups is 3. The second-order valence-electron chi connectivity index (χ2n) is 20.5. The van der Waals surface area contributed by atoms with Crippen molar-refractivity contribution in [1.82, 2.24) is 35.5 Å². The van der Waals surface area contributed by atoms with Crippen LogP contribution in [-0.4, -0.2) is 80.9 Å². The summed E-state index contributed by atoms with van der Waals surface area (Å²) in [6, 6.07) is 28.1. The third-order valence-corrected chi connectivity index (χ3v) is 15.8. The number of hydrogen-bond acceptors (Lipinski definition) is 8. The van der Waals surface area contributed by atoms with E-state index < -0.39 is 30.4 Å². The van der Waals surface area contributed by atoms with Gasteiger partial charge in [-0.1, -0.05) is 112 Å². The molecule has 3 aliphatic carbocycles. The number of alkyl carbamates (subject to hydrolysis) is 2. The molecule has 364 valence electrons. The molecule has 3 amide bonds. The summed E-state index contributed by atoms with van der Waals surface area (Å²) in [7, 11) is 2.65. The Balaban J connectivity index is 0.860. The number of benzene rings is 4. The quantitative estimate of drug-likeness (QED) is 0.0754. The van der Waals surface area contributed by atoms with E-state index in [4.69, 9.17) is 19.4 Å². The molecule has 3 heterocycles. The van der Waals surface area contributed by atoms with Gasteiger partial charge in [-0.05, 0) is 132 Å². The fraction of sp³-hybridized carbons (Fsp3) is 0.421. The van der Waals surface area contributed by atoms with Crippen LogP contribution < -0.4 is 10.6 Å². The normalized spacial score (nSPS) is 20.8. The number of nitrogens with zero attached hydrogens (tertiary/aromatic N) is 3. The van der Waals surface area contributed by atoms with Gasteiger partial charge in [0.25, 0.3) is 0 Å². The van der Waals surface area contributed by atoms with Crippen molar-refractivity contribution in [3.05, 3.63) is 132 Å². The van der Waals surface area contributed by atoms with Crippen LogP contribution in [0.2, 0.25) is 0 Å². The summed E-state index contributed by atoms with van der Waals surface area (Å²) in [5, 5.41) is 17.2. The monoisotopic (exact) mass is 943 g/mol. The fourth-order valence-electron chi connectivity index (χ4n) is 12.0. The van der Waals surface area contributed by atoms with Crippen LogP contribution in [0.5, 0.6) is 0 Å². The molecular weight excluding hydrogens is 879 g/mol. The molecule has 10 rings (SSSR count). The Bertz CT molecular complexity index is 2880. The van der Waals surface area contributed by atoms with Gasteiger partial charge in [-0.25, -0.2) is 19.6 Å². The Hall–Kier alpha value is -6.73. The summed E-state index contributed by atoms with van der Waals surface area (Å²) in [6.07, 6.45) is 15.4. The number of fused-ring (bicyclic) bond motifs is 2. The number of likely N-dealkylation sites (tertiary alicyclic amines) is 1. The highest BCUT2D eigenvalue weighted by atomic mass is 16.5. The molecule has 0 radical (unpaired) electrons. The molecule has 13 heteroatoms. The highest BCUT2D eigenvalue weighted by molar-refractivity contribution is 5.88. The molecule has 1 spiro atoms. The lowest BCUT2D eigenvalue weighted by molar-refractivity contribution is -0.135. The Morgan fingerprint density at radius 3 is 2.19 bits per heavy atom. The molecule has 3 unspecified atom stereocenters. The number of methoxy groups -OCH3 is 2. The number of allylic oxidation sites excluding steroid dienone is 2. The number of rotatable bonds is 12. The van der Waals surface area contributed by atoms with Crippen LogP contribution in [0.15, 0.2) is 103 Å². The molecule has 4 aromatic carbocycles. The predicted molar refractivity (Wildman–Crippen MR) is 271 cm³/mol. The van der Waals surface area contributed by atoms with Crippen molar-refractivity contribution in [2.45, 2.75) is 115 Å². The number of carbonyl (C=O) groups excluding carboxylic acids is 3. The van der Waals surface area contributed by atoms with E-state index in [-0.39, 0.29) is 29.7 Å². The Kier molecular flexibility index (Phi) is 13.4. The number of H-pyrrole nitrogens is 2. The number of aromatic amines is 2. The van der Waals surface area contributed by atoms with Crippen LogP contribution in [-0.2, 0) is 27.1 Å². The Morgan fingerprint density at radius 2 is 1.47 bits per heavy atom. The van der Waals surface area contributed by atoms with Crippen molar-refractivity contribution in [3.63, 3.8) is 0 Å². The van der Waals surface area contributed by atoms with E-state index in [0.717, 1.165) is 83.6 Å². The number of aliphatic hydroxyl groups is 1. The van der Waals surface area contributed by atoms with E-state index in [1.165, 1.54) is 67.7 Å². The molecule has 5 N–H and O–H groups in total. The molecule has 1 saturated heterocycles. The fourth-order valence-corrected chi connectivity index (χ4v) is 12.0. The average Bonchev–Trinajstić information content (AvgIpc) is 4.25. The number of nitrogens with one attached hydrogen (secondary N) is 4.